The van der Waals surface area contributed by atoms with Crippen molar-refractivity contribution in [2.75, 3.05) is 5.32 Å². The third-order valence-corrected chi connectivity index (χ3v) is 3.87. The second kappa shape index (κ2) is 6.81. The van der Waals surface area contributed by atoms with Crippen molar-refractivity contribution in [3.63, 3.8) is 0 Å². The Morgan fingerprint density at radius 3 is 2.84 bits per heavy atom. The van der Waals surface area contributed by atoms with E-state index in [4.69, 9.17) is 16.6 Å². The van der Waals surface area contributed by atoms with Gasteiger partial charge in [-0.25, -0.2) is 0 Å². The number of aryl methyl sites for hydroxylation is 1. The molecule has 0 spiro atoms. The largest absolute Gasteiger partial charge is 0.429 e. The molecule has 7 nitrogen and oxygen atoms in total. The van der Waals surface area contributed by atoms with Gasteiger partial charge in [0.25, 0.3) is 4.84 Å². The Morgan fingerprint density at radius 1 is 1.32 bits per heavy atom. The number of rotatable bonds is 5. The average Bonchev–Trinajstić information content (AvgIpc) is 2.89. The molecule has 0 bridgehead atoms. The fourth-order valence-electron chi connectivity index (χ4n) is 2.39. The number of hydrogen-bond acceptors (Lipinski definition) is 5. The number of nitrogens with zero attached hydrogens (tertiary/aromatic N) is 2. The number of para-hydroxylation sites is 2. The molecule has 25 heavy (non-hydrogen) atoms. The van der Waals surface area contributed by atoms with Crippen LogP contribution in [0.25, 0.3) is 11.1 Å². The third kappa shape index (κ3) is 3.56. The molecule has 1 N–H and O–H groups in total. The molecule has 1 aromatic heterocycles. The smallest absolute Gasteiger partial charge is 0.306 e. The second-order valence-corrected chi connectivity index (χ2v) is 5.56. The maximum atomic E-state index is 13.3. The first-order valence-electron chi connectivity index (χ1n) is 7.28. The molecule has 0 saturated heterocycles. The van der Waals surface area contributed by atoms with Gasteiger partial charge in [0.15, 0.2) is 5.58 Å². The Balaban J connectivity index is 1.71. The maximum Gasteiger partial charge on any atom is 0.306 e. The van der Waals surface area contributed by atoms with Crippen molar-refractivity contribution >= 4 is 40.6 Å². The van der Waals surface area contributed by atoms with E-state index in [0.29, 0.717) is 5.58 Å². The third-order valence-electron chi connectivity index (χ3n) is 3.56. The first-order valence-corrected chi connectivity index (χ1v) is 7.68. The van der Waals surface area contributed by atoms with Crippen LogP contribution in [0.2, 0.25) is 0 Å². The van der Waals surface area contributed by atoms with Gasteiger partial charge in [-0.05, 0) is 36.5 Å². The number of carbonyl (C=O) groups is 1. The summed E-state index contributed by atoms with van der Waals surface area (Å²) in [5, 5.41) is 13.2. The molecule has 128 valence electrons. The van der Waals surface area contributed by atoms with Crippen molar-refractivity contribution in [2.45, 2.75) is 13.0 Å². The zero-order chi connectivity index (χ0) is 18.0. The Kier molecular flexibility index (Phi) is 4.57. The summed E-state index contributed by atoms with van der Waals surface area (Å²) in [5.41, 5.74) is 0.861. The summed E-state index contributed by atoms with van der Waals surface area (Å²) in [7, 11) is 0. The molecular weight excluding hydrogens is 349 g/mol. The van der Waals surface area contributed by atoms with Gasteiger partial charge in [0.05, 0.1) is 10.4 Å². The van der Waals surface area contributed by atoms with Gasteiger partial charge in [-0.2, -0.15) is 4.39 Å². The quantitative estimate of drug-likeness (QED) is 0.421. The van der Waals surface area contributed by atoms with Gasteiger partial charge in [-0.3, -0.25) is 19.5 Å². The summed E-state index contributed by atoms with van der Waals surface area (Å²) < 4.78 is 20.4. The van der Waals surface area contributed by atoms with Crippen LogP contribution in [0.1, 0.15) is 6.42 Å². The zero-order valence-electron chi connectivity index (χ0n) is 12.8. The van der Waals surface area contributed by atoms with Gasteiger partial charge in [0.2, 0.25) is 11.7 Å². The number of anilines is 1. The SMILES string of the molecule is O=C(CCn1c(=S)oc2ccccc21)Nc1ccc(F)c([N+](=O)[O-])c1. The number of nitrogens with one attached hydrogen (secondary N) is 1. The zero-order valence-corrected chi connectivity index (χ0v) is 13.6. The van der Waals surface area contributed by atoms with Crippen LogP contribution in [-0.4, -0.2) is 15.4 Å². The van der Waals surface area contributed by atoms with Gasteiger partial charge in [-0.15, -0.1) is 0 Å². The Morgan fingerprint density at radius 2 is 2.08 bits per heavy atom. The number of halogens is 1. The fraction of sp³-hybridized carbons (Fsp3) is 0.125. The van der Waals surface area contributed by atoms with Gasteiger partial charge < -0.3 is 9.73 Å². The highest BCUT2D eigenvalue weighted by Crippen LogP contribution is 2.22. The summed E-state index contributed by atoms with van der Waals surface area (Å²) in [5.74, 6) is -1.34. The fourth-order valence-corrected chi connectivity index (χ4v) is 2.67. The van der Waals surface area contributed by atoms with Gasteiger partial charge in [-0.1, -0.05) is 12.1 Å². The predicted octanol–water partition coefficient (Wildman–Crippen LogP) is 4.04. The standard InChI is InChI=1S/C16H12FN3O4S/c17-11-6-5-10(9-13(11)20(22)23)18-15(21)7-8-19-12-3-1-2-4-14(12)24-16(19)25/h1-6,9H,7-8H2,(H,18,21). The van der Waals surface area contributed by atoms with Gasteiger partial charge >= 0.3 is 5.69 Å². The topological polar surface area (TPSA) is 90.3 Å². The average molecular weight is 361 g/mol. The summed E-state index contributed by atoms with van der Waals surface area (Å²) in [6.45, 7) is 0.283. The molecule has 0 fully saturated rings. The molecule has 0 aliphatic rings. The van der Waals surface area contributed by atoms with E-state index in [0.717, 1.165) is 17.6 Å². The van der Waals surface area contributed by atoms with Crippen molar-refractivity contribution < 1.29 is 18.5 Å². The van der Waals surface area contributed by atoms with Crippen LogP contribution >= 0.6 is 12.2 Å². The monoisotopic (exact) mass is 361 g/mol. The molecule has 0 aliphatic carbocycles. The minimum atomic E-state index is -0.959. The van der Waals surface area contributed by atoms with Crippen LogP contribution in [0.5, 0.6) is 0 Å². The summed E-state index contributed by atoms with van der Waals surface area (Å²) in [4.78, 5) is 22.2. The van der Waals surface area contributed by atoms with Crippen LogP contribution in [-0.2, 0) is 11.3 Å². The molecule has 0 atom stereocenters. The molecule has 0 saturated carbocycles. The second-order valence-electron chi connectivity index (χ2n) is 5.21. The predicted molar refractivity (Wildman–Crippen MR) is 91.3 cm³/mol. The summed E-state index contributed by atoms with van der Waals surface area (Å²) >= 11 is 5.14. The van der Waals surface area contributed by atoms with Crippen molar-refractivity contribution in [1.29, 1.82) is 0 Å². The first kappa shape index (κ1) is 16.8. The molecule has 2 aromatic carbocycles. The molecule has 0 radical (unpaired) electrons. The molecule has 3 aromatic rings. The molecule has 0 aliphatic heterocycles. The van der Waals surface area contributed by atoms with Crippen LogP contribution in [0.3, 0.4) is 0 Å². The Hall–Kier alpha value is -3.07. The maximum absolute atomic E-state index is 13.3. The lowest BCUT2D eigenvalue weighted by molar-refractivity contribution is -0.387. The van der Waals surface area contributed by atoms with Crippen LogP contribution < -0.4 is 5.32 Å². The van der Waals surface area contributed by atoms with E-state index in [1.54, 1.807) is 10.6 Å². The highest BCUT2D eigenvalue weighted by molar-refractivity contribution is 7.71. The van der Waals surface area contributed by atoms with Crippen LogP contribution in [0.4, 0.5) is 15.8 Å². The number of aromatic nitrogens is 1. The summed E-state index contributed by atoms with van der Waals surface area (Å²) in [6.07, 6.45) is 0.0724. The van der Waals surface area contributed by atoms with Crippen molar-refractivity contribution in [2.24, 2.45) is 0 Å². The number of amides is 1. The molecule has 3 rings (SSSR count). The van der Waals surface area contributed by atoms with E-state index >= 15 is 0 Å². The summed E-state index contributed by atoms with van der Waals surface area (Å²) in [6, 6.07) is 10.4. The number of nitro benzene ring substituents is 1. The van der Waals surface area contributed by atoms with Gasteiger partial charge in [0, 0.05) is 24.7 Å². The molecule has 9 heteroatoms. The molecule has 1 heterocycles. The number of carbonyl (C=O) groups excluding carboxylic acids is 1. The Bertz CT molecular complexity index is 1030. The molecule has 1 amide bonds. The minimum Gasteiger partial charge on any atom is -0.429 e. The first-order chi connectivity index (χ1) is 12.0. The molecular formula is C16H12FN3O4S. The lowest BCUT2D eigenvalue weighted by Crippen LogP contribution is -2.14. The van der Waals surface area contributed by atoms with E-state index in [2.05, 4.69) is 5.32 Å². The van der Waals surface area contributed by atoms with Crippen molar-refractivity contribution in [1.82, 2.24) is 4.57 Å². The van der Waals surface area contributed by atoms with E-state index < -0.39 is 16.4 Å². The number of fused-ring (bicyclic) bond motifs is 1. The highest BCUT2D eigenvalue weighted by Gasteiger charge is 2.15. The number of benzene rings is 2. The lowest BCUT2D eigenvalue weighted by Gasteiger charge is -2.06. The van der Waals surface area contributed by atoms with E-state index in [1.165, 1.54) is 6.07 Å². The number of oxazole rings is 1. The molecule has 0 unspecified atom stereocenters. The van der Waals surface area contributed by atoms with Gasteiger partial charge in [0.1, 0.15) is 0 Å². The number of nitro groups is 1. The lowest BCUT2D eigenvalue weighted by atomic mass is 10.2. The van der Waals surface area contributed by atoms with Crippen LogP contribution in [0, 0.1) is 20.8 Å². The van der Waals surface area contributed by atoms with E-state index in [-0.39, 0.29) is 29.4 Å². The van der Waals surface area contributed by atoms with Crippen LogP contribution in [0.15, 0.2) is 46.9 Å². The normalized spacial score (nSPS) is 10.8. The van der Waals surface area contributed by atoms with E-state index in [9.17, 15) is 19.3 Å². The van der Waals surface area contributed by atoms with Crippen molar-refractivity contribution in [3.8, 4) is 0 Å². The van der Waals surface area contributed by atoms with E-state index in [1.807, 2.05) is 18.2 Å². The Labute approximate surface area is 145 Å². The minimum absolute atomic E-state index is 0.0724. The highest BCUT2D eigenvalue weighted by atomic mass is 32.1. The number of hydrogen-bond donors (Lipinski definition) is 1. The van der Waals surface area contributed by atoms with Crippen molar-refractivity contribution in [3.05, 3.63) is 63.2 Å².